The first-order valence-electron chi connectivity index (χ1n) is 4.87. The molecule has 2 rings (SSSR count). The number of aryl methyl sites for hydroxylation is 1. The number of rotatable bonds is 1. The Kier molecular flexibility index (Phi) is 2.65. The van der Waals surface area contributed by atoms with Crippen molar-refractivity contribution in [1.29, 1.82) is 0 Å². The first-order valence-corrected chi connectivity index (χ1v) is 5.67. The molecule has 2 aromatic rings. The van der Waals surface area contributed by atoms with E-state index in [9.17, 15) is 0 Å². The number of benzene rings is 1. The lowest BCUT2D eigenvalue weighted by Crippen LogP contribution is -1.98. The van der Waals surface area contributed by atoms with Gasteiger partial charge >= 0.3 is 0 Å². The van der Waals surface area contributed by atoms with Crippen molar-refractivity contribution in [2.75, 3.05) is 12.4 Å². The van der Waals surface area contributed by atoms with E-state index in [1.54, 1.807) is 0 Å². The number of aromatic nitrogens is 1. The molecule has 0 saturated carbocycles. The van der Waals surface area contributed by atoms with E-state index >= 15 is 0 Å². The Morgan fingerprint density at radius 3 is 2.67 bits per heavy atom. The van der Waals surface area contributed by atoms with Crippen molar-refractivity contribution in [2.24, 2.45) is 0 Å². The Bertz CT molecular complexity index is 521. The van der Waals surface area contributed by atoms with Gasteiger partial charge in [0.05, 0.1) is 5.52 Å². The summed E-state index contributed by atoms with van der Waals surface area (Å²) < 4.78 is 1.08. The Balaban J connectivity index is 2.89. The van der Waals surface area contributed by atoms with E-state index in [-0.39, 0.29) is 0 Å². The van der Waals surface area contributed by atoms with Gasteiger partial charge < -0.3 is 5.32 Å². The molecule has 0 amide bonds. The molecule has 0 saturated heterocycles. The van der Waals surface area contributed by atoms with E-state index in [1.807, 2.05) is 26.1 Å². The van der Waals surface area contributed by atoms with Crippen molar-refractivity contribution in [1.82, 2.24) is 4.98 Å². The minimum Gasteiger partial charge on any atom is -0.387 e. The summed E-state index contributed by atoms with van der Waals surface area (Å²) >= 11 is 3.48. The normalized spacial score (nSPS) is 10.7. The molecule has 0 aliphatic heterocycles. The largest absolute Gasteiger partial charge is 0.387 e. The van der Waals surface area contributed by atoms with Gasteiger partial charge in [-0.15, -0.1) is 0 Å². The summed E-state index contributed by atoms with van der Waals surface area (Å²) in [5, 5.41) is 4.41. The third kappa shape index (κ3) is 1.72. The summed E-state index contributed by atoms with van der Waals surface area (Å²) in [5.41, 5.74) is 4.49. The highest BCUT2D eigenvalue weighted by Gasteiger charge is 2.07. The molecule has 0 unspecified atom stereocenters. The van der Waals surface area contributed by atoms with Crippen LogP contribution in [-0.4, -0.2) is 12.0 Å². The summed E-state index contributed by atoms with van der Waals surface area (Å²) in [4.78, 5) is 4.56. The van der Waals surface area contributed by atoms with Crippen LogP contribution in [0.5, 0.6) is 0 Å². The maximum atomic E-state index is 4.56. The predicted octanol–water partition coefficient (Wildman–Crippen LogP) is 3.66. The molecule has 0 aliphatic rings. The average molecular weight is 265 g/mol. The second-order valence-corrected chi connectivity index (χ2v) is 4.52. The first-order chi connectivity index (χ1) is 7.13. The van der Waals surface area contributed by atoms with Gasteiger partial charge in [-0.3, -0.25) is 4.98 Å². The van der Waals surface area contributed by atoms with Crippen LogP contribution in [0, 0.1) is 13.8 Å². The molecule has 2 nitrogen and oxygen atoms in total. The van der Waals surface area contributed by atoms with E-state index in [1.165, 1.54) is 11.3 Å². The molecule has 15 heavy (non-hydrogen) atoms. The lowest BCUT2D eigenvalue weighted by molar-refractivity contribution is 1.19. The summed E-state index contributed by atoms with van der Waals surface area (Å²) in [5.74, 6) is 0. The fourth-order valence-corrected chi connectivity index (χ4v) is 2.14. The summed E-state index contributed by atoms with van der Waals surface area (Å²) in [6, 6.07) is 6.15. The molecule has 1 aromatic carbocycles. The van der Waals surface area contributed by atoms with Crippen molar-refractivity contribution in [3.63, 3.8) is 0 Å². The van der Waals surface area contributed by atoms with E-state index in [0.29, 0.717) is 0 Å². The molecule has 0 radical (unpaired) electrons. The number of anilines is 1. The molecular weight excluding hydrogens is 252 g/mol. The Morgan fingerprint density at radius 2 is 2.00 bits per heavy atom. The molecule has 3 heteroatoms. The molecule has 0 fully saturated rings. The van der Waals surface area contributed by atoms with Gasteiger partial charge in [0.25, 0.3) is 0 Å². The number of fused-ring (bicyclic) bond motifs is 1. The number of hydrogen-bond donors (Lipinski definition) is 1. The van der Waals surface area contributed by atoms with E-state index in [0.717, 1.165) is 21.1 Å². The molecule has 0 spiro atoms. The van der Waals surface area contributed by atoms with Gasteiger partial charge in [-0.2, -0.15) is 0 Å². The number of halogens is 1. The minimum atomic E-state index is 1.03. The summed E-state index contributed by atoms with van der Waals surface area (Å²) in [6.45, 7) is 4.13. The fraction of sp³-hybridized carbons (Fsp3) is 0.250. The van der Waals surface area contributed by atoms with Crippen LogP contribution >= 0.6 is 15.9 Å². The van der Waals surface area contributed by atoms with Gasteiger partial charge in [0.15, 0.2) is 0 Å². The van der Waals surface area contributed by atoms with Gasteiger partial charge in [-0.05, 0) is 37.6 Å². The molecule has 1 heterocycles. The van der Waals surface area contributed by atoms with Crippen molar-refractivity contribution in [3.8, 4) is 0 Å². The third-order valence-electron chi connectivity index (χ3n) is 2.68. The minimum absolute atomic E-state index is 1.03. The predicted molar refractivity (Wildman–Crippen MR) is 68.5 cm³/mol. The van der Waals surface area contributed by atoms with Crippen molar-refractivity contribution in [3.05, 3.63) is 33.9 Å². The van der Waals surface area contributed by atoms with Crippen LogP contribution in [0.4, 0.5) is 5.69 Å². The van der Waals surface area contributed by atoms with Crippen LogP contribution in [0.1, 0.15) is 11.3 Å². The highest BCUT2D eigenvalue weighted by atomic mass is 79.9. The zero-order chi connectivity index (χ0) is 11.0. The number of nitrogens with one attached hydrogen (secondary N) is 1. The lowest BCUT2D eigenvalue weighted by atomic mass is 10.1. The van der Waals surface area contributed by atoms with Gasteiger partial charge in [0.1, 0.15) is 0 Å². The smallest absolute Gasteiger partial charge is 0.0726 e. The Labute approximate surface area is 97.8 Å². The van der Waals surface area contributed by atoms with Crippen molar-refractivity contribution in [2.45, 2.75) is 13.8 Å². The van der Waals surface area contributed by atoms with Crippen LogP contribution < -0.4 is 5.32 Å². The first kappa shape index (κ1) is 10.4. The maximum Gasteiger partial charge on any atom is 0.0726 e. The van der Waals surface area contributed by atoms with Crippen LogP contribution in [0.25, 0.3) is 10.9 Å². The molecule has 1 aromatic heterocycles. The topological polar surface area (TPSA) is 24.9 Å². The zero-order valence-electron chi connectivity index (χ0n) is 9.06. The summed E-state index contributed by atoms with van der Waals surface area (Å²) in [7, 11) is 1.95. The fourth-order valence-electron chi connectivity index (χ4n) is 1.78. The van der Waals surface area contributed by atoms with Gasteiger partial charge in [0, 0.05) is 28.3 Å². The Morgan fingerprint density at radius 1 is 1.27 bits per heavy atom. The SMILES string of the molecule is CNc1c(C)c(C)nc2ccc(Br)cc12. The van der Waals surface area contributed by atoms with Gasteiger partial charge in [-0.1, -0.05) is 15.9 Å². The molecule has 0 atom stereocenters. The highest BCUT2D eigenvalue weighted by Crippen LogP contribution is 2.29. The second kappa shape index (κ2) is 3.81. The van der Waals surface area contributed by atoms with E-state index < -0.39 is 0 Å². The molecular formula is C12H13BrN2. The lowest BCUT2D eigenvalue weighted by Gasteiger charge is -2.11. The molecule has 0 bridgehead atoms. The van der Waals surface area contributed by atoms with Gasteiger partial charge in [-0.25, -0.2) is 0 Å². The van der Waals surface area contributed by atoms with Crippen LogP contribution in [0.2, 0.25) is 0 Å². The quantitative estimate of drug-likeness (QED) is 0.851. The van der Waals surface area contributed by atoms with Crippen LogP contribution in [0.3, 0.4) is 0 Å². The zero-order valence-corrected chi connectivity index (χ0v) is 10.6. The third-order valence-corrected chi connectivity index (χ3v) is 3.18. The molecule has 78 valence electrons. The Hall–Kier alpha value is -1.09. The maximum absolute atomic E-state index is 4.56. The molecule has 0 aliphatic carbocycles. The van der Waals surface area contributed by atoms with Crippen LogP contribution in [-0.2, 0) is 0 Å². The second-order valence-electron chi connectivity index (χ2n) is 3.61. The van der Waals surface area contributed by atoms with Crippen molar-refractivity contribution >= 4 is 32.5 Å². The van der Waals surface area contributed by atoms with Crippen LogP contribution in [0.15, 0.2) is 22.7 Å². The molecule has 1 N–H and O–H groups in total. The number of pyridine rings is 1. The number of hydrogen-bond acceptors (Lipinski definition) is 2. The van der Waals surface area contributed by atoms with Gasteiger partial charge in [0.2, 0.25) is 0 Å². The number of nitrogens with zero attached hydrogens (tertiary/aromatic N) is 1. The highest BCUT2D eigenvalue weighted by molar-refractivity contribution is 9.10. The monoisotopic (exact) mass is 264 g/mol. The summed E-state index contributed by atoms with van der Waals surface area (Å²) in [6.07, 6.45) is 0. The average Bonchev–Trinajstić information content (AvgIpc) is 2.21. The van der Waals surface area contributed by atoms with E-state index in [2.05, 4.69) is 39.2 Å². The van der Waals surface area contributed by atoms with E-state index in [4.69, 9.17) is 0 Å². The van der Waals surface area contributed by atoms with Crippen molar-refractivity contribution < 1.29 is 0 Å². The standard InChI is InChI=1S/C12H13BrN2/c1-7-8(2)15-11-5-4-9(13)6-10(11)12(7)14-3/h4-6H,1-3H3,(H,14,15).